The second kappa shape index (κ2) is 9.73. The van der Waals surface area contributed by atoms with E-state index in [9.17, 15) is 4.79 Å². The van der Waals surface area contributed by atoms with Crippen LogP contribution in [0.1, 0.15) is 51.9 Å². The summed E-state index contributed by atoms with van der Waals surface area (Å²) in [6.07, 6.45) is 7.27. The minimum absolute atomic E-state index is 0.221. The van der Waals surface area contributed by atoms with E-state index in [2.05, 4.69) is 17.6 Å². The normalized spacial score (nSPS) is 26.4. The molecule has 2 N–H and O–H groups in total. The molecule has 3 aliphatic rings. The van der Waals surface area contributed by atoms with Crippen molar-refractivity contribution in [3.05, 3.63) is 0 Å². The number of amides is 1. The summed E-state index contributed by atoms with van der Waals surface area (Å²) in [6, 6.07) is 0.265. The van der Waals surface area contributed by atoms with E-state index in [1.165, 1.54) is 12.8 Å². The van der Waals surface area contributed by atoms with Gasteiger partial charge in [0.2, 0.25) is 5.91 Å². The molecule has 0 bridgehead atoms. The molecule has 2 saturated heterocycles. The highest BCUT2D eigenvalue weighted by molar-refractivity contribution is 5.81. The fraction of sp³-hybridized carbons (Fsp3) is 0.900. The Morgan fingerprint density at radius 3 is 2.67 bits per heavy atom. The van der Waals surface area contributed by atoms with Gasteiger partial charge in [-0.15, -0.1) is 0 Å². The third-order valence-corrected chi connectivity index (χ3v) is 6.25. The third-order valence-electron chi connectivity index (χ3n) is 6.25. The Labute approximate surface area is 163 Å². The average Bonchev–Trinajstić information content (AvgIpc) is 3.39. The first kappa shape index (κ1) is 20.4. The van der Waals surface area contributed by atoms with Gasteiger partial charge >= 0.3 is 0 Å². The van der Waals surface area contributed by atoms with Crippen molar-refractivity contribution in [3.8, 4) is 0 Å². The highest BCUT2D eigenvalue weighted by atomic mass is 16.5. The summed E-state index contributed by atoms with van der Waals surface area (Å²) in [5.41, 5.74) is -0.221. The van der Waals surface area contributed by atoms with Crippen molar-refractivity contribution in [1.82, 2.24) is 15.5 Å². The summed E-state index contributed by atoms with van der Waals surface area (Å²) in [5.74, 6) is 1.44. The maximum Gasteiger partial charge on any atom is 0.225 e. The zero-order chi connectivity index (χ0) is 19.1. The largest absolute Gasteiger partial charge is 0.381 e. The molecule has 1 amide bonds. The summed E-state index contributed by atoms with van der Waals surface area (Å²) in [7, 11) is 1.77. The van der Waals surface area contributed by atoms with E-state index in [-0.39, 0.29) is 17.6 Å². The van der Waals surface area contributed by atoms with Crippen molar-refractivity contribution in [3.63, 3.8) is 0 Å². The highest BCUT2D eigenvalue weighted by Crippen LogP contribution is 2.28. The maximum absolute atomic E-state index is 12.6. The third kappa shape index (κ3) is 5.35. The molecule has 3 rings (SSSR count). The lowest BCUT2D eigenvalue weighted by Gasteiger charge is -2.34. The first-order valence-corrected chi connectivity index (χ1v) is 10.6. The number of nitrogens with one attached hydrogen (secondary N) is 2. The number of nitrogens with zero attached hydrogens (tertiary/aromatic N) is 2. The van der Waals surface area contributed by atoms with Gasteiger partial charge in [-0.3, -0.25) is 9.79 Å². The molecule has 1 unspecified atom stereocenters. The van der Waals surface area contributed by atoms with E-state index in [4.69, 9.17) is 14.5 Å². The first-order chi connectivity index (χ1) is 13.2. The molecule has 0 radical (unpaired) electrons. The van der Waals surface area contributed by atoms with Crippen molar-refractivity contribution in [2.75, 3.05) is 46.5 Å². The van der Waals surface area contributed by atoms with Crippen LogP contribution in [0.25, 0.3) is 0 Å². The molecule has 1 saturated carbocycles. The van der Waals surface area contributed by atoms with Crippen LogP contribution < -0.4 is 10.6 Å². The van der Waals surface area contributed by atoms with Crippen LogP contribution in [0.5, 0.6) is 0 Å². The Morgan fingerprint density at radius 2 is 2.00 bits per heavy atom. The molecule has 0 spiro atoms. The fourth-order valence-corrected chi connectivity index (χ4v) is 4.42. The quantitative estimate of drug-likeness (QED) is 0.540. The van der Waals surface area contributed by atoms with Crippen LogP contribution in [0.3, 0.4) is 0 Å². The molecule has 0 aromatic heterocycles. The van der Waals surface area contributed by atoms with Gasteiger partial charge in [-0.1, -0.05) is 12.8 Å². The molecule has 0 aromatic carbocycles. The fourth-order valence-electron chi connectivity index (χ4n) is 4.42. The van der Waals surface area contributed by atoms with E-state index < -0.39 is 0 Å². The lowest BCUT2D eigenvalue weighted by atomic mass is 9.94. The number of carbonyl (C=O) groups excluding carboxylic acids is 1. The summed E-state index contributed by atoms with van der Waals surface area (Å²) in [5, 5.41) is 6.87. The van der Waals surface area contributed by atoms with Gasteiger partial charge in [0.05, 0.1) is 12.1 Å². The zero-order valence-corrected chi connectivity index (χ0v) is 17.0. The van der Waals surface area contributed by atoms with Gasteiger partial charge in [-0.25, -0.2) is 0 Å². The number of rotatable bonds is 6. The monoisotopic (exact) mass is 380 g/mol. The van der Waals surface area contributed by atoms with Gasteiger partial charge in [-0.2, -0.15) is 0 Å². The van der Waals surface area contributed by atoms with Gasteiger partial charge in [0, 0.05) is 64.8 Å². The Morgan fingerprint density at radius 1 is 1.26 bits per heavy atom. The van der Waals surface area contributed by atoms with E-state index >= 15 is 0 Å². The van der Waals surface area contributed by atoms with Crippen LogP contribution in [0.15, 0.2) is 4.99 Å². The minimum Gasteiger partial charge on any atom is -0.381 e. The smallest absolute Gasteiger partial charge is 0.225 e. The predicted octanol–water partition coefficient (Wildman–Crippen LogP) is 1.53. The summed E-state index contributed by atoms with van der Waals surface area (Å²) < 4.78 is 11.3. The van der Waals surface area contributed by atoms with Crippen molar-refractivity contribution < 1.29 is 14.3 Å². The summed E-state index contributed by atoms with van der Waals surface area (Å²) in [6.45, 7) is 6.60. The number of hydrogen-bond donors (Lipinski definition) is 2. The van der Waals surface area contributed by atoms with Crippen LogP contribution >= 0.6 is 0 Å². The van der Waals surface area contributed by atoms with Crippen molar-refractivity contribution >= 4 is 11.9 Å². The number of guanidine groups is 1. The van der Waals surface area contributed by atoms with Crippen LogP contribution in [0.4, 0.5) is 0 Å². The number of hydrogen-bond acceptors (Lipinski definition) is 4. The number of ether oxygens (including phenoxy) is 2. The average molecular weight is 381 g/mol. The number of likely N-dealkylation sites (tertiary alicyclic amines) is 1. The van der Waals surface area contributed by atoms with E-state index in [0.717, 1.165) is 70.9 Å². The molecule has 2 aliphatic heterocycles. The van der Waals surface area contributed by atoms with Gasteiger partial charge in [-0.05, 0) is 26.2 Å². The second-order valence-corrected chi connectivity index (χ2v) is 8.09. The molecule has 1 atom stereocenters. The Kier molecular flexibility index (Phi) is 7.35. The number of methoxy groups -OCH3 is 1. The van der Waals surface area contributed by atoms with Gasteiger partial charge in [0.25, 0.3) is 0 Å². The SMILES string of the molecule is CCNC(=NCC1(OC)CCOCC1)NC1CCN(C(=O)C2CCCC2)C1. The molecular weight excluding hydrogens is 344 g/mol. The second-order valence-electron chi connectivity index (χ2n) is 8.09. The molecule has 27 heavy (non-hydrogen) atoms. The van der Waals surface area contributed by atoms with E-state index in [1.807, 2.05) is 4.90 Å². The minimum atomic E-state index is -0.221. The first-order valence-electron chi connectivity index (χ1n) is 10.6. The number of aliphatic imine (C=N–C) groups is 1. The van der Waals surface area contributed by atoms with Crippen LogP contribution in [0, 0.1) is 5.92 Å². The molecule has 7 nitrogen and oxygen atoms in total. The summed E-state index contributed by atoms with van der Waals surface area (Å²) in [4.78, 5) is 19.5. The standard InChI is InChI=1S/C20H36N4O3/c1-3-21-19(22-15-20(26-2)9-12-27-13-10-20)23-17-8-11-24(14-17)18(25)16-6-4-5-7-16/h16-17H,3-15H2,1-2H3,(H2,21,22,23). The van der Waals surface area contributed by atoms with Crippen LogP contribution in [-0.4, -0.2) is 74.9 Å². The Bertz CT molecular complexity index is 513. The van der Waals surface area contributed by atoms with Crippen molar-refractivity contribution in [1.29, 1.82) is 0 Å². The van der Waals surface area contributed by atoms with Gasteiger partial charge in [0.1, 0.15) is 0 Å². The molecule has 1 aliphatic carbocycles. The Balaban J connectivity index is 1.53. The topological polar surface area (TPSA) is 75.2 Å². The van der Waals surface area contributed by atoms with Crippen molar-refractivity contribution in [2.45, 2.75) is 63.5 Å². The van der Waals surface area contributed by atoms with Gasteiger partial charge < -0.3 is 25.0 Å². The maximum atomic E-state index is 12.6. The van der Waals surface area contributed by atoms with E-state index in [0.29, 0.717) is 12.5 Å². The lowest BCUT2D eigenvalue weighted by molar-refractivity contribution is -0.134. The zero-order valence-electron chi connectivity index (χ0n) is 17.0. The van der Waals surface area contributed by atoms with Crippen molar-refractivity contribution in [2.24, 2.45) is 10.9 Å². The van der Waals surface area contributed by atoms with Crippen LogP contribution in [-0.2, 0) is 14.3 Å². The Hall–Kier alpha value is -1.34. The molecule has 0 aromatic rings. The molecule has 7 heteroatoms. The predicted molar refractivity (Wildman–Crippen MR) is 106 cm³/mol. The molecular formula is C20H36N4O3. The number of carbonyl (C=O) groups is 1. The molecule has 2 heterocycles. The summed E-state index contributed by atoms with van der Waals surface area (Å²) >= 11 is 0. The lowest BCUT2D eigenvalue weighted by Crippen LogP contribution is -2.47. The molecule has 154 valence electrons. The van der Waals surface area contributed by atoms with E-state index in [1.54, 1.807) is 7.11 Å². The van der Waals surface area contributed by atoms with Gasteiger partial charge in [0.15, 0.2) is 5.96 Å². The van der Waals surface area contributed by atoms with Crippen LogP contribution in [0.2, 0.25) is 0 Å². The highest BCUT2D eigenvalue weighted by Gasteiger charge is 2.34. The molecule has 3 fully saturated rings.